The lowest BCUT2D eigenvalue weighted by molar-refractivity contribution is -0.209. The van der Waals surface area contributed by atoms with Crippen molar-refractivity contribution >= 4 is 22.8 Å². The molecule has 1 saturated heterocycles. The van der Waals surface area contributed by atoms with Gasteiger partial charge in [0.15, 0.2) is 0 Å². The van der Waals surface area contributed by atoms with Crippen molar-refractivity contribution in [3.05, 3.63) is 48.0 Å². The second kappa shape index (κ2) is 8.68. The highest BCUT2D eigenvalue weighted by atomic mass is 19.3. The molecule has 5 heterocycles. The summed E-state index contributed by atoms with van der Waals surface area (Å²) in [7, 11) is 0. The third kappa shape index (κ3) is 4.29. The van der Waals surface area contributed by atoms with Gasteiger partial charge in [-0.25, -0.2) is 22.1 Å². The summed E-state index contributed by atoms with van der Waals surface area (Å²) in [6.07, 6.45) is 1.43. The second-order valence-corrected chi connectivity index (χ2v) is 11.5. The Labute approximate surface area is 230 Å². The van der Waals surface area contributed by atoms with E-state index in [0.717, 1.165) is 5.69 Å². The molecule has 4 aromatic heterocycles. The summed E-state index contributed by atoms with van der Waals surface area (Å²) in [4.78, 5) is 20.9. The van der Waals surface area contributed by atoms with E-state index in [1.165, 1.54) is 17.2 Å². The van der Waals surface area contributed by atoms with Crippen molar-refractivity contribution in [1.82, 2.24) is 34.8 Å². The number of carbonyl (C=O) groups is 1. The molecule has 1 spiro atoms. The summed E-state index contributed by atoms with van der Waals surface area (Å²) in [6.45, 7) is 2.82. The number of nitrogens with zero attached hydrogens (tertiary/aromatic N) is 8. The molecular formula is C26H25F4N9O2. The number of tetrazole rings is 1. The molecule has 15 heteroatoms. The van der Waals surface area contributed by atoms with Crippen LogP contribution < -0.4 is 10.2 Å². The molecule has 0 bridgehead atoms. The first-order valence-electron chi connectivity index (χ1n) is 13.1. The predicted molar refractivity (Wildman–Crippen MR) is 137 cm³/mol. The van der Waals surface area contributed by atoms with Gasteiger partial charge in [0.25, 0.3) is 18.3 Å². The number of alkyl halides is 4. The Morgan fingerprint density at radius 1 is 1.17 bits per heavy atom. The first kappa shape index (κ1) is 25.8. The van der Waals surface area contributed by atoms with E-state index in [4.69, 9.17) is 0 Å². The number of nitrogens with one attached hydrogen (secondary N) is 1. The lowest BCUT2D eigenvalue weighted by atomic mass is 9.55. The zero-order valence-electron chi connectivity index (χ0n) is 21.8. The summed E-state index contributed by atoms with van der Waals surface area (Å²) in [5.41, 5.74) is 0.917. The van der Waals surface area contributed by atoms with Crippen LogP contribution in [0.15, 0.2) is 36.8 Å². The smallest absolute Gasteiger partial charge is 0.266 e. The van der Waals surface area contributed by atoms with Crippen LogP contribution in [-0.4, -0.2) is 76.9 Å². The summed E-state index contributed by atoms with van der Waals surface area (Å²) in [5, 5.41) is 29.2. The van der Waals surface area contributed by atoms with Crippen molar-refractivity contribution in [2.45, 2.75) is 56.6 Å². The number of hydrogen-bond donors (Lipinski definition) is 2. The maximum atomic E-state index is 13.3. The predicted octanol–water partition coefficient (Wildman–Crippen LogP) is 3.51. The molecule has 0 atom stereocenters. The lowest BCUT2D eigenvalue weighted by Crippen LogP contribution is -2.70. The minimum absolute atomic E-state index is 0.0749. The second-order valence-electron chi connectivity index (χ2n) is 11.5. The van der Waals surface area contributed by atoms with Crippen molar-refractivity contribution in [2.75, 3.05) is 23.3 Å². The largest absolute Gasteiger partial charge is 0.384 e. The third-order valence-electron chi connectivity index (χ3n) is 8.35. The summed E-state index contributed by atoms with van der Waals surface area (Å²) >= 11 is 0. The van der Waals surface area contributed by atoms with Crippen molar-refractivity contribution < 1.29 is 27.5 Å². The van der Waals surface area contributed by atoms with Gasteiger partial charge < -0.3 is 15.3 Å². The maximum absolute atomic E-state index is 13.3. The van der Waals surface area contributed by atoms with Crippen LogP contribution in [0, 0.1) is 12.3 Å². The fraction of sp³-hybridized carbons (Fsp3) is 0.462. The fourth-order valence-corrected chi connectivity index (χ4v) is 6.17. The molecule has 11 nitrogen and oxygen atoms in total. The van der Waals surface area contributed by atoms with Crippen LogP contribution in [0.2, 0.25) is 0 Å². The van der Waals surface area contributed by atoms with Gasteiger partial charge in [-0.05, 0) is 43.2 Å². The molecular weight excluding hydrogens is 546 g/mol. The molecule has 41 heavy (non-hydrogen) atoms. The highest BCUT2D eigenvalue weighted by molar-refractivity contribution is 6.09. The molecule has 2 saturated carbocycles. The Hall–Kier alpha value is -4.14. The molecule has 1 aliphatic heterocycles. The quantitative estimate of drug-likeness (QED) is 0.337. The Balaban J connectivity index is 1.07. The van der Waals surface area contributed by atoms with E-state index in [2.05, 4.69) is 30.8 Å². The van der Waals surface area contributed by atoms with Gasteiger partial charge in [-0.2, -0.15) is 9.90 Å². The van der Waals surface area contributed by atoms with E-state index in [-0.39, 0.29) is 36.9 Å². The number of pyridine rings is 2. The molecule has 3 aliphatic rings. The molecule has 4 aromatic rings. The number of hydrogen-bond acceptors (Lipinski definition) is 8. The molecule has 3 fully saturated rings. The molecule has 214 valence electrons. The minimum atomic E-state index is -2.75. The zero-order chi connectivity index (χ0) is 28.7. The number of aliphatic hydroxyl groups is 1. The minimum Gasteiger partial charge on any atom is -0.384 e. The molecule has 7 rings (SSSR count). The molecule has 0 aromatic carbocycles. The number of aryl methyl sites for hydroxylation is 1. The van der Waals surface area contributed by atoms with E-state index in [1.807, 2.05) is 17.0 Å². The van der Waals surface area contributed by atoms with Crippen LogP contribution in [-0.2, 0) is 0 Å². The van der Waals surface area contributed by atoms with Crippen molar-refractivity contribution in [3.63, 3.8) is 0 Å². The van der Waals surface area contributed by atoms with Crippen LogP contribution in [0.5, 0.6) is 0 Å². The highest BCUT2D eigenvalue weighted by Crippen LogP contribution is 2.57. The normalized spacial score (nSPS) is 20.6. The van der Waals surface area contributed by atoms with Crippen LogP contribution >= 0.6 is 0 Å². The number of anilines is 2. The van der Waals surface area contributed by atoms with E-state index < -0.39 is 29.9 Å². The molecule has 1 amide bonds. The highest BCUT2D eigenvalue weighted by Gasteiger charge is 2.63. The standard InChI is InChI=1S/C26H25F4N9O2/c1-14-19(4-15(8-31-14)21-34-36-39(35-21)17-6-26(29,30)7-17)33-22(40)18-9-32-38-3-2-16(5-20(18)38)37-12-24(13-37)10-25(41,11-24)23(27)28/h2-5,8-9,17,23,41H,6-7,10-13H2,1H3,(H,33,40). The summed E-state index contributed by atoms with van der Waals surface area (Å²) < 4.78 is 54.2. The van der Waals surface area contributed by atoms with Crippen LogP contribution in [0.4, 0.5) is 28.9 Å². The molecule has 2 aliphatic carbocycles. The van der Waals surface area contributed by atoms with Gasteiger partial charge >= 0.3 is 0 Å². The Morgan fingerprint density at radius 2 is 1.93 bits per heavy atom. The number of rotatable bonds is 6. The Kier molecular flexibility index (Phi) is 5.46. The van der Waals surface area contributed by atoms with Gasteiger partial charge in [0.1, 0.15) is 5.60 Å². The molecule has 2 N–H and O–H groups in total. The summed E-state index contributed by atoms with van der Waals surface area (Å²) in [6, 6.07) is 4.79. The van der Waals surface area contributed by atoms with Gasteiger partial charge in [-0.15, -0.1) is 10.2 Å². The van der Waals surface area contributed by atoms with Crippen LogP contribution in [0.3, 0.4) is 0 Å². The first-order chi connectivity index (χ1) is 19.4. The van der Waals surface area contributed by atoms with Crippen molar-refractivity contribution in [1.29, 1.82) is 0 Å². The van der Waals surface area contributed by atoms with E-state index in [9.17, 15) is 27.5 Å². The third-order valence-corrected chi connectivity index (χ3v) is 8.35. The van der Waals surface area contributed by atoms with Crippen LogP contribution in [0.1, 0.15) is 47.8 Å². The van der Waals surface area contributed by atoms with E-state index in [1.54, 1.807) is 23.7 Å². The fourth-order valence-electron chi connectivity index (χ4n) is 6.17. The van der Waals surface area contributed by atoms with E-state index in [0.29, 0.717) is 41.1 Å². The SMILES string of the molecule is Cc1ncc(-c2nnn(C3CC(F)(F)C3)n2)cc1NC(=O)c1cnn2ccc(N3CC4(C3)CC(O)(C(F)F)C4)cc12. The van der Waals surface area contributed by atoms with Gasteiger partial charge in [0.2, 0.25) is 5.82 Å². The van der Waals surface area contributed by atoms with Gasteiger partial charge in [-0.3, -0.25) is 9.78 Å². The average Bonchev–Trinajstić information content (AvgIpc) is 3.52. The Morgan fingerprint density at radius 3 is 2.63 bits per heavy atom. The monoisotopic (exact) mass is 571 g/mol. The van der Waals surface area contributed by atoms with Gasteiger partial charge in [-0.1, -0.05) is 0 Å². The molecule has 0 radical (unpaired) electrons. The number of amides is 1. The lowest BCUT2D eigenvalue weighted by Gasteiger charge is -2.62. The number of aromatic nitrogens is 7. The Bertz CT molecular complexity index is 1660. The number of carbonyl (C=O) groups excluding carboxylic acids is 1. The number of halogens is 4. The van der Waals surface area contributed by atoms with Crippen LogP contribution in [0.25, 0.3) is 16.9 Å². The van der Waals surface area contributed by atoms with Gasteiger partial charge in [0.05, 0.1) is 34.7 Å². The maximum Gasteiger partial charge on any atom is 0.266 e. The average molecular weight is 572 g/mol. The topological polar surface area (TPSA) is 126 Å². The van der Waals surface area contributed by atoms with Crippen molar-refractivity contribution in [3.8, 4) is 11.4 Å². The number of fused-ring (bicyclic) bond motifs is 1. The first-order valence-corrected chi connectivity index (χ1v) is 13.1. The molecule has 0 unspecified atom stereocenters. The summed E-state index contributed by atoms with van der Waals surface area (Å²) in [5.74, 6) is -2.93. The van der Waals surface area contributed by atoms with E-state index >= 15 is 0 Å². The van der Waals surface area contributed by atoms with Gasteiger partial charge in [0, 0.05) is 55.0 Å². The van der Waals surface area contributed by atoms with Crippen molar-refractivity contribution in [2.24, 2.45) is 5.41 Å². The zero-order valence-corrected chi connectivity index (χ0v) is 21.8.